The standard InChI is InChI=1S/C12H14N2O2/c1-14-8-11(7-13-14)10-4-3-5-12(6-10)16-9-15-2/h3-8H,9H2,1-2H3. The van der Waals surface area contributed by atoms with Gasteiger partial charge in [0.15, 0.2) is 6.79 Å². The first kappa shape index (κ1) is 10.7. The molecule has 0 saturated carbocycles. The summed E-state index contributed by atoms with van der Waals surface area (Å²) in [6, 6.07) is 7.85. The first-order valence-electron chi connectivity index (χ1n) is 5.00. The zero-order valence-electron chi connectivity index (χ0n) is 9.38. The van der Waals surface area contributed by atoms with Crippen LogP contribution in [0, 0.1) is 0 Å². The highest BCUT2D eigenvalue weighted by Crippen LogP contribution is 2.23. The van der Waals surface area contributed by atoms with Crippen LogP contribution in [0.4, 0.5) is 0 Å². The quantitative estimate of drug-likeness (QED) is 0.737. The summed E-state index contributed by atoms with van der Waals surface area (Å²) >= 11 is 0. The van der Waals surface area contributed by atoms with Crippen LogP contribution in [-0.2, 0) is 11.8 Å². The molecular formula is C12H14N2O2. The van der Waals surface area contributed by atoms with Crippen molar-refractivity contribution in [3.05, 3.63) is 36.7 Å². The Labute approximate surface area is 94.4 Å². The van der Waals surface area contributed by atoms with Crippen molar-refractivity contribution in [2.45, 2.75) is 0 Å². The van der Waals surface area contributed by atoms with Crippen molar-refractivity contribution in [1.29, 1.82) is 0 Å². The average Bonchev–Trinajstić information content (AvgIpc) is 2.74. The van der Waals surface area contributed by atoms with Gasteiger partial charge in [0, 0.05) is 25.9 Å². The third-order valence-electron chi connectivity index (χ3n) is 2.22. The van der Waals surface area contributed by atoms with E-state index in [1.165, 1.54) is 0 Å². The minimum Gasteiger partial charge on any atom is -0.468 e. The summed E-state index contributed by atoms with van der Waals surface area (Å²) in [6.07, 6.45) is 3.80. The van der Waals surface area contributed by atoms with Crippen molar-refractivity contribution in [2.75, 3.05) is 13.9 Å². The van der Waals surface area contributed by atoms with E-state index in [0.29, 0.717) is 0 Å². The molecule has 0 spiro atoms. The number of benzene rings is 1. The Kier molecular flexibility index (Phi) is 3.22. The van der Waals surface area contributed by atoms with E-state index in [9.17, 15) is 0 Å². The third-order valence-corrected chi connectivity index (χ3v) is 2.22. The maximum absolute atomic E-state index is 5.37. The lowest BCUT2D eigenvalue weighted by atomic mass is 10.1. The molecule has 1 heterocycles. The Hall–Kier alpha value is -1.81. The summed E-state index contributed by atoms with van der Waals surface area (Å²) in [7, 11) is 3.50. The van der Waals surface area contributed by atoms with E-state index < -0.39 is 0 Å². The molecule has 0 unspecified atom stereocenters. The Morgan fingerprint density at radius 1 is 1.31 bits per heavy atom. The van der Waals surface area contributed by atoms with Crippen LogP contribution >= 0.6 is 0 Å². The molecule has 2 rings (SSSR count). The molecule has 0 atom stereocenters. The van der Waals surface area contributed by atoms with Crippen molar-refractivity contribution >= 4 is 0 Å². The zero-order valence-corrected chi connectivity index (χ0v) is 9.38. The second-order valence-corrected chi connectivity index (χ2v) is 3.48. The monoisotopic (exact) mass is 218 g/mol. The number of aryl methyl sites for hydroxylation is 1. The van der Waals surface area contributed by atoms with Gasteiger partial charge in [0.25, 0.3) is 0 Å². The molecule has 0 amide bonds. The molecule has 4 heteroatoms. The summed E-state index contributed by atoms with van der Waals surface area (Å²) in [5.74, 6) is 0.795. The number of hydrogen-bond acceptors (Lipinski definition) is 3. The van der Waals surface area contributed by atoms with Gasteiger partial charge >= 0.3 is 0 Å². The number of aromatic nitrogens is 2. The summed E-state index contributed by atoms with van der Waals surface area (Å²) in [5, 5.41) is 4.14. The maximum atomic E-state index is 5.37. The van der Waals surface area contributed by atoms with Crippen LogP contribution in [0.3, 0.4) is 0 Å². The maximum Gasteiger partial charge on any atom is 0.188 e. The number of methoxy groups -OCH3 is 1. The molecule has 0 aliphatic rings. The molecular weight excluding hydrogens is 204 g/mol. The largest absolute Gasteiger partial charge is 0.468 e. The zero-order chi connectivity index (χ0) is 11.4. The molecule has 1 aromatic heterocycles. The van der Waals surface area contributed by atoms with Crippen LogP contribution in [0.1, 0.15) is 0 Å². The smallest absolute Gasteiger partial charge is 0.188 e. The van der Waals surface area contributed by atoms with Crippen molar-refractivity contribution < 1.29 is 9.47 Å². The van der Waals surface area contributed by atoms with Gasteiger partial charge in [0.05, 0.1) is 6.20 Å². The summed E-state index contributed by atoms with van der Waals surface area (Å²) in [4.78, 5) is 0. The van der Waals surface area contributed by atoms with Crippen molar-refractivity contribution in [1.82, 2.24) is 9.78 Å². The normalized spacial score (nSPS) is 10.4. The summed E-state index contributed by atoms with van der Waals surface area (Å²) in [6.45, 7) is 0.260. The van der Waals surface area contributed by atoms with Crippen LogP contribution in [0.2, 0.25) is 0 Å². The second-order valence-electron chi connectivity index (χ2n) is 3.48. The van der Waals surface area contributed by atoms with Crippen LogP contribution in [0.5, 0.6) is 5.75 Å². The average molecular weight is 218 g/mol. The number of rotatable bonds is 4. The van der Waals surface area contributed by atoms with Crippen molar-refractivity contribution in [3.8, 4) is 16.9 Å². The van der Waals surface area contributed by atoms with Gasteiger partial charge in [-0.2, -0.15) is 5.10 Å². The van der Waals surface area contributed by atoms with Crippen LogP contribution < -0.4 is 4.74 Å². The number of hydrogen-bond donors (Lipinski definition) is 0. The van der Waals surface area contributed by atoms with Gasteiger partial charge in [0.1, 0.15) is 5.75 Å². The van der Waals surface area contributed by atoms with Gasteiger partial charge in [-0.1, -0.05) is 12.1 Å². The number of nitrogens with zero attached hydrogens (tertiary/aromatic N) is 2. The minimum atomic E-state index is 0.260. The van der Waals surface area contributed by atoms with Crippen molar-refractivity contribution in [2.24, 2.45) is 7.05 Å². The summed E-state index contributed by atoms with van der Waals surface area (Å²) in [5.41, 5.74) is 2.16. The van der Waals surface area contributed by atoms with Gasteiger partial charge in [-0.25, -0.2) is 0 Å². The first-order chi connectivity index (χ1) is 7.79. The van der Waals surface area contributed by atoms with E-state index in [4.69, 9.17) is 9.47 Å². The van der Waals surface area contributed by atoms with E-state index >= 15 is 0 Å². The van der Waals surface area contributed by atoms with Crippen molar-refractivity contribution in [3.63, 3.8) is 0 Å². The van der Waals surface area contributed by atoms with E-state index in [-0.39, 0.29) is 6.79 Å². The molecule has 0 aliphatic carbocycles. The molecule has 2 aromatic rings. The fourth-order valence-corrected chi connectivity index (χ4v) is 1.46. The molecule has 0 fully saturated rings. The fraction of sp³-hybridized carbons (Fsp3) is 0.250. The fourth-order valence-electron chi connectivity index (χ4n) is 1.46. The molecule has 4 nitrogen and oxygen atoms in total. The topological polar surface area (TPSA) is 36.3 Å². The van der Waals surface area contributed by atoms with Gasteiger partial charge in [0.2, 0.25) is 0 Å². The molecule has 1 aromatic carbocycles. The highest BCUT2D eigenvalue weighted by Gasteiger charge is 2.01. The minimum absolute atomic E-state index is 0.260. The van der Waals surface area contributed by atoms with E-state index in [1.54, 1.807) is 11.8 Å². The Morgan fingerprint density at radius 2 is 2.19 bits per heavy atom. The lowest BCUT2D eigenvalue weighted by Crippen LogP contribution is -1.98. The Morgan fingerprint density at radius 3 is 2.88 bits per heavy atom. The first-order valence-corrected chi connectivity index (χ1v) is 5.00. The lowest BCUT2D eigenvalue weighted by Gasteiger charge is -2.05. The molecule has 0 bridgehead atoms. The Bertz CT molecular complexity index is 466. The molecule has 0 aliphatic heterocycles. The van der Waals surface area contributed by atoms with E-state index in [0.717, 1.165) is 16.9 Å². The van der Waals surface area contributed by atoms with E-state index in [2.05, 4.69) is 5.10 Å². The predicted octanol–water partition coefficient (Wildman–Crippen LogP) is 2.07. The highest BCUT2D eigenvalue weighted by atomic mass is 16.7. The molecule has 0 saturated heterocycles. The molecule has 0 radical (unpaired) electrons. The molecule has 84 valence electrons. The summed E-state index contributed by atoms with van der Waals surface area (Å²) < 4.78 is 12.0. The highest BCUT2D eigenvalue weighted by molar-refractivity contribution is 5.63. The van der Waals surface area contributed by atoms with Crippen LogP contribution in [0.15, 0.2) is 36.7 Å². The van der Waals surface area contributed by atoms with Gasteiger partial charge < -0.3 is 9.47 Å². The van der Waals surface area contributed by atoms with Gasteiger partial charge in [-0.05, 0) is 17.7 Å². The SMILES string of the molecule is COCOc1cccc(-c2cnn(C)c2)c1. The predicted molar refractivity (Wildman–Crippen MR) is 61.1 cm³/mol. The Balaban J connectivity index is 2.22. The third kappa shape index (κ3) is 2.41. The van der Waals surface area contributed by atoms with Crippen LogP contribution in [-0.4, -0.2) is 23.7 Å². The number of ether oxygens (including phenoxy) is 2. The molecule has 0 N–H and O–H groups in total. The lowest BCUT2D eigenvalue weighted by molar-refractivity contribution is 0.0511. The van der Waals surface area contributed by atoms with Gasteiger partial charge in [-0.15, -0.1) is 0 Å². The second kappa shape index (κ2) is 4.81. The van der Waals surface area contributed by atoms with E-state index in [1.807, 2.05) is 43.7 Å². The molecule has 16 heavy (non-hydrogen) atoms. The van der Waals surface area contributed by atoms with Crippen LogP contribution in [0.25, 0.3) is 11.1 Å². The van der Waals surface area contributed by atoms with Gasteiger partial charge in [-0.3, -0.25) is 4.68 Å².